The van der Waals surface area contributed by atoms with Crippen LogP contribution < -0.4 is 5.32 Å². The summed E-state index contributed by atoms with van der Waals surface area (Å²) in [5.74, 6) is -2.75. The van der Waals surface area contributed by atoms with E-state index >= 15 is 0 Å². The number of nitrogens with one attached hydrogen (secondary N) is 1. The van der Waals surface area contributed by atoms with Gasteiger partial charge in [0.05, 0.1) is 37.1 Å². The van der Waals surface area contributed by atoms with Gasteiger partial charge in [-0.05, 0) is 18.6 Å². The van der Waals surface area contributed by atoms with Gasteiger partial charge in [-0.3, -0.25) is 19.4 Å². The Kier molecular flexibility index (Phi) is 6.88. The van der Waals surface area contributed by atoms with E-state index in [-0.39, 0.29) is 50.9 Å². The third-order valence-electron chi connectivity index (χ3n) is 4.21. The largest absolute Gasteiger partial charge is 0.481 e. The molecular weight excluding hydrogens is 326 g/mol. The number of carboxylic acid groups (broad SMARTS) is 1. The molecule has 0 aliphatic carbocycles. The summed E-state index contributed by atoms with van der Waals surface area (Å²) in [5, 5.41) is 12.1. The molecule has 2 N–H and O–H groups in total. The van der Waals surface area contributed by atoms with Gasteiger partial charge in [-0.1, -0.05) is 6.07 Å². The summed E-state index contributed by atoms with van der Waals surface area (Å²) in [7, 11) is 1.50. The van der Waals surface area contributed by atoms with E-state index in [0.29, 0.717) is 0 Å². The Morgan fingerprint density at radius 1 is 1.32 bits per heavy atom. The quantitative estimate of drug-likeness (QED) is 0.732. The van der Waals surface area contributed by atoms with Crippen LogP contribution in [0.1, 0.15) is 18.5 Å². The standard InChI is InChI=1S/C17H23N3O5/c1-25-7-5-15(21)20-10-12(8-13(11-20)17(23)24)16(22)19-9-14-4-2-3-6-18-14/h2-4,6,12-13H,5,7-11H2,1H3,(H,19,22)(H,23,24). The SMILES string of the molecule is COCCC(=O)N1CC(C(=O)O)CC(C(=O)NCc2ccccn2)C1. The van der Waals surface area contributed by atoms with Crippen molar-refractivity contribution in [3.63, 3.8) is 0 Å². The van der Waals surface area contributed by atoms with Gasteiger partial charge in [0.15, 0.2) is 0 Å². The first kappa shape index (κ1) is 18.9. The number of rotatable bonds is 7. The lowest BCUT2D eigenvalue weighted by atomic mass is 9.88. The molecule has 1 aromatic heterocycles. The molecule has 1 aliphatic rings. The molecule has 1 fully saturated rings. The number of nitrogens with zero attached hydrogens (tertiary/aromatic N) is 2. The smallest absolute Gasteiger partial charge is 0.308 e. The molecule has 1 aliphatic heterocycles. The lowest BCUT2D eigenvalue weighted by Crippen LogP contribution is -2.50. The second kappa shape index (κ2) is 9.12. The Labute approximate surface area is 146 Å². The number of hydrogen-bond donors (Lipinski definition) is 2. The Balaban J connectivity index is 1.98. The maximum absolute atomic E-state index is 12.4. The molecule has 1 saturated heterocycles. The molecule has 2 rings (SSSR count). The molecule has 2 unspecified atom stereocenters. The van der Waals surface area contributed by atoms with Crippen LogP contribution in [0.2, 0.25) is 0 Å². The van der Waals surface area contributed by atoms with E-state index in [4.69, 9.17) is 4.74 Å². The number of carbonyl (C=O) groups excluding carboxylic acids is 2. The van der Waals surface area contributed by atoms with Crippen LogP contribution in [0.25, 0.3) is 0 Å². The number of pyridine rings is 1. The Morgan fingerprint density at radius 2 is 2.08 bits per heavy atom. The molecule has 0 radical (unpaired) electrons. The number of hydrogen-bond acceptors (Lipinski definition) is 5. The predicted molar refractivity (Wildman–Crippen MR) is 88.4 cm³/mol. The fourth-order valence-corrected chi connectivity index (χ4v) is 2.84. The van der Waals surface area contributed by atoms with E-state index in [1.807, 2.05) is 6.07 Å². The number of likely N-dealkylation sites (tertiary alicyclic amines) is 1. The minimum atomic E-state index is -0.994. The number of carboxylic acids is 1. The van der Waals surface area contributed by atoms with Gasteiger partial charge in [-0.2, -0.15) is 0 Å². The van der Waals surface area contributed by atoms with Gasteiger partial charge >= 0.3 is 5.97 Å². The summed E-state index contributed by atoms with van der Waals surface area (Å²) < 4.78 is 4.89. The number of carbonyl (C=O) groups is 3. The molecule has 0 spiro atoms. The highest BCUT2D eigenvalue weighted by Crippen LogP contribution is 2.23. The third-order valence-corrected chi connectivity index (χ3v) is 4.21. The molecule has 25 heavy (non-hydrogen) atoms. The maximum atomic E-state index is 12.4. The summed E-state index contributed by atoms with van der Waals surface area (Å²) in [6.45, 7) is 0.886. The molecule has 2 heterocycles. The summed E-state index contributed by atoms with van der Waals surface area (Å²) >= 11 is 0. The zero-order chi connectivity index (χ0) is 18.2. The average molecular weight is 349 g/mol. The van der Waals surface area contributed by atoms with Gasteiger partial charge in [0.1, 0.15) is 0 Å². The highest BCUT2D eigenvalue weighted by molar-refractivity contribution is 5.83. The average Bonchev–Trinajstić information content (AvgIpc) is 2.64. The summed E-state index contributed by atoms with van der Waals surface area (Å²) in [5.41, 5.74) is 0.717. The molecule has 0 aromatic carbocycles. The van der Waals surface area contributed by atoms with Crippen LogP contribution in [-0.2, 0) is 25.7 Å². The van der Waals surface area contributed by atoms with E-state index in [2.05, 4.69) is 10.3 Å². The van der Waals surface area contributed by atoms with Crippen molar-refractivity contribution in [2.75, 3.05) is 26.8 Å². The minimum Gasteiger partial charge on any atom is -0.481 e. The first-order valence-corrected chi connectivity index (χ1v) is 8.18. The minimum absolute atomic E-state index is 0.127. The van der Waals surface area contributed by atoms with Crippen LogP contribution >= 0.6 is 0 Å². The first-order valence-electron chi connectivity index (χ1n) is 8.18. The molecule has 8 heteroatoms. The van der Waals surface area contributed by atoms with Gasteiger partial charge in [0.25, 0.3) is 0 Å². The fraction of sp³-hybridized carbons (Fsp3) is 0.529. The van der Waals surface area contributed by atoms with Crippen molar-refractivity contribution in [2.24, 2.45) is 11.8 Å². The van der Waals surface area contributed by atoms with Crippen LogP contribution in [0, 0.1) is 11.8 Å². The lowest BCUT2D eigenvalue weighted by Gasteiger charge is -2.35. The van der Waals surface area contributed by atoms with Crippen LogP contribution in [0.4, 0.5) is 0 Å². The topological polar surface area (TPSA) is 109 Å². The van der Waals surface area contributed by atoms with Crippen molar-refractivity contribution < 1.29 is 24.2 Å². The number of aromatic nitrogens is 1. The van der Waals surface area contributed by atoms with Crippen LogP contribution in [-0.4, -0.2) is 59.6 Å². The van der Waals surface area contributed by atoms with Crippen LogP contribution in [0.5, 0.6) is 0 Å². The molecule has 1 aromatic rings. The van der Waals surface area contributed by atoms with Crippen molar-refractivity contribution in [2.45, 2.75) is 19.4 Å². The molecule has 0 bridgehead atoms. The highest BCUT2D eigenvalue weighted by atomic mass is 16.5. The molecular formula is C17H23N3O5. The summed E-state index contributed by atoms with van der Waals surface area (Å²) in [4.78, 5) is 41.6. The Morgan fingerprint density at radius 3 is 2.72 bits per heavy atom. The van der Waals surface area contributed by atoms with E-state index in [0.717, 1.165) is 5.69 Å². The van der Waals surface area contributed by atoms with Crippen LogP contribution in [0.3, 0.4) is 0 Å². The number of aliphatic carboxylic acids is 1. The summed E-state index contributed by atoms with van der Waals surface area (Å²) in [6, 6.07) is 5.40. The second-order valence-electron chi connectivity index (χ2n) is 6.05. The predicted octanol–water partition coefficient (Wildman–Crippen LogP) is 0.284. The zero-order valence-electron chi connectivity index (χ0n) is 14.2. The Hall–Kier alpha value is -2.48. The fourth-order valence-electron chi connectivity index (χ4n) is 2.84. The van der Waals surface area contributed by atoms with Crippen LogP contribution in [0.15, 0.2) is 24.4 Å². The third kappa shape index (κ3) is 5.53. The number of methoxy groups -OCH3 is 1. The Bertz CT molecular complexity index is 608. The maximum Gasteiger partial charge on any atom is 0.308 e. The van der Waals surface area contributed by atoms with E-state index in [9.17, 15) is 19.5 Å². The summed E-state index contributed by atoms with van der Waals surface area (Å²) in [6.07, 6.45) is 2.03. The van der Waals surface area contributed by atoms with Gasteiger partial charge in [0, 0.05) is 26.4 Å². The molecule has 8 nitrogen and oxygen atoms in total. The van der Waals surface area contributed by atoms with Crippen molar-refractivity contribution in [3.05, 3.63) is 30.1 Å². The van der Waals surface area contributed by atoms with Crippen molar-refractivity contribution in [1.82, 2.24) is 15.2 Å². The number of ether oxygens (including phenoxy) is 1. The molecule has 2 atom stereocenters. The van der Waals surface area contributed by atoms with Crippen molar-refractivity contribution >= 4 is 17.8 Å². The van der Waals surface area contributed by atoms with E-state index in [1.165, 1.54) is 12.0 Å². The number of amides is 2. The first-order chi connectivity index (χ1) is 12.0. The van der Waals surface area contributed by atoms with Gasteiger partial charge in [-0.15, -0.1) is 0 Å². The zero-order valence-corrected chi connectivity index (χ0v) is 14.2. The van der Waals surface area contributed by atoms with Gasteiger partial charge < -0.3 is 20.1 Å². The van der Waals surface area contributed by atoms with E-state index in [1.54, 1.807) is 18.3 Å². The van der Waals surface area contributed by atoms with E-state index < -0.39 is 17.8 Å². The van der Waals surface area contributed by atoms with Crippen molar-refractivity contribution in [1.29, 1.82) is 0 Å². The second-order valence-corrected chi connectivity index (χ2v) is 6.05. The van der Waals surface area contributed by atoms with Gasteiger partial charge in [0.2, 0.25) is 11.8 Å². The molecule has 136 valence electrons. The molecule has 2 amide bonds. The normalized spacial score (nSPS) is 20.1. The van der Waals surface area contributed by atoms with Crippen molar-refractivity contribution in [3.8, 4) is 0 Å². The number of piperidine rings is 1. The lowest BCUT2D eigenvalue weighted by molar-refractivity contribution is -0.148. The monoisotopic (exact) mass is 349 g/mol. The highest BCUT2D eigenvalue weighted by Gasteiger charge is 2.36. The molecule has 0 saturated carbocycles. The van der Waals surface area contributed by atoms with Gasteiger partial charge in [-0.25, -0.2) is 0 Å².